The summed E-state index contributed by atoms with van der Waals surface area (Å²) in [5.41, 5.74) is 1.75. The number of nitrogens with one attached hydrogen (secondary N) is 3. The van der Waals surface area contributed by atoms with Crippen molar-refractivity contribution in [2.24, 2.45) is 5.92 Å². The summed E-state index contributed by atoms with van der Waals surface area (Å²) in [6.07, 6.45) is 10.2. The second-order valence-corrected chi connectivity index (χ2v) is 9.39. The number of amides is 3. The van der Waals surface area contributed by atoms with Crippen LogP contribution in [0.3, 0.4) is 0 Å². The molecule has 0 spiro atoms. The number of rotatable bonds is 10. The van der Waals surface area contributed by atoms with Crippen LogP contribution in [0, 0.1) is 5.92 Å². The van der Waals surface area contributed by atoms with Gasteiger partial charge in [0.15, 0.2) is 5.78 Å². The Kier molecular flexibility index (Phi) is 8.39. The number of carbonyl (C=O) groups excluding carboxylic acids is 3. The van der Waals surface area contributed by atoms with Gasteiger partial charge < -0.3 is 25.3 Å². The van der Waals surface area contributed by atoms with E-state index in [0.717, 1.165) is 42.7 Å². The Bertz CT molecular complexity index is 986. The van der Waals surface area contributed by atoms with Crippen LogP contribution in [0.5, 0.6) is 5.75 Å². The van der Waals surface area contributed by atoms with Crippen LogP contribution in [-0.2, 0) is 22.4 Å². The van der Waals surface area contributed by atoms with Gasteiger partial charge in [-0.2, -0.15) is 0 Å². The normalized spacial score (nSPS) is 18.9. The van der Waals surface area contributed by atoms with Crippen molar-refractivity contribution < 1.29 is 19.1 Å². The molecule has 3 amide bonds. The standard InChI is InChI=1S/C26H35N5O4/c1-35-21-9-7-18(8-10-21)15-22(30-26(34)28-13-11-20-16-27-17-29-20)25(33)31-14-12-23(31)24(32)19-5-3-2-4-6-19/h7-10,16-17,19,22-23H,2-6,11-15H2,1H3,(H,27,29)(H2,28,30,34). The predicted octanol–water partition coefficient (Wildman–Crippen LogP) is 2.62. The molecule has 35 heavy (non-hydrogen) atoms. The van der Waals surface area contributed by atoms with Gasteiger partial charge in [0.2, 0.25) is 5.91 Å². The first-order valence-corrected chi connectivity index (χ1v) is 12.5. The van der Waals surface area contributed by atoms with Crippen LogP contribution >= 0.6 is 0 Å². The maximum atomic E-state index is 13.5. The monoisotopic (exact) mass is 481 g/mol. The summed E-state index contributed by atoms with van der Waals surface area (Å²) >= 11 is 0. The number of hydrogen-bond donors (Lipinski definition) is 3. The summed E-state index contributed by atoms with van der Waals surface area (Å²) in [6, 6.07) is 5.89. The largest absolute Gasteiger partial charge is 0.497 e. The molecule has 2 aliphatic rings. The van der Waals surface area contributed by atoms with Gasteiger partial charge in [-0.1, -0.05) is 31.4 Å². The summed E-state index contributed by atoms with van der Waals surface area (Å²) < 4.78 is 5.22. The lowest BCUT2D eigenvalue weighted by Crippen LogP contribution is -2.62. The van der Waals surface area contributed by atoms with Crippen LogP contribution < -0.4 is 15.4 Å². The first kappa shape index (κ1) is 24.8. The Balaban J connectivity index is 1.40. The van der Waals surface area contributed by atoms with E-state index in [-0.39, 0.29) is 23.7 Å². The average Bonchev–Trinajstić information content (AvgIpc) is 3.37. The summed E-state index contributed by atoms with van der Waals surface area (Å²) in [5.74, 6) is 0.767. The molecular formula is C26H35N5O4. The molecule has 1 saturated carbocycles. The molecule has 9 nitrogen and oxygen atoms in total. The molecule has 0 bridgehead atoms. The van der Waals surface area contributed by atoms with Gasteiger partial charge in [-0.15, -0.1) is 0 Å². The second kappa shape index (κ2) is 11.9. The van der Waals surface area contributed by atoms with E-state index in [4.69, 9.17) is 4.74 Å². The van der Waals surface area contributed by atoms with Crippen molar-refractivity contribution in [1.82, 2.24) is 25.5 Å². The molecule has 1 aliphatic heterocycles. The van der Waals surface area contributed by atoms with Crippen molar-refractivity contribution in [3.05, 3.63) is 48.0 Å². The van der Waals surface area contributed by atoms with Gasteiger partial charge in [-0.25, -0.2) is 9.78 Å². The number of Topliss-reactive ketones (excluding diaryl/α,β-unsaturated/α-hetero) is 1. The third-order valence-electron chi connectivity index (χ3n) is 7.06. The van der Waals surface area contributed by atoms with Crippen LogP contribution in [0.4, 0.5) is 4.79 Å². The smallest absolute Gasteiger partial charge is 0.315 e. The first-order chi connectivity index (χ1) is 17.0. The number of imidazole rings is 1. The van der Waals surface area contributed by atoms with E-state index < -0.39 is 12.1 Å². The molecule has 3 N–H and O–H groups in total. The zero-order valence-electron chi connectivity index (χ0n) is 20.3. The van der Waals surface area contributed by atoms with E-state index in [0.29, 0.717) is 32.4 Å². The zero-order chi connectivity index (χ0) is 24.6. The topological polar surface area (TPSA) is 116 Å². The Morgan fingerprint density at radius 3 is 2.54 bits per heavy atom. The van der Waals surface area contributed by atoms with Gasteiger partial charge in [0.25, 0.3) is 0 Å². The lowest BCUT2D eigenvalue weighted by molar-refractivity contribution is -0.149. The maximum Gasteiger partial charge on any atom is 0.315 e. The van der Waals surface area contributed by atoms with E-state index in [1.54, 1.807) is 24.5 Å². The molecule has 1 aliphatic carbocycles. The predicted molar refractivity (Wildman–Crippen MR) is 131 cm³/mol. The summed E-state index contributed by atoms with van der Waals surface area (Å²) in [6.45, 7) is 0.941. The van der Waals surface area contributed by atoms with Gasteiger partial charge >= 0.3 is 6.03 Å². The number of likely N-dealkylation sites (tertiary alicyclic amines) is 1. The van der Waals surface area contributed by atoms with Gasteiger partial charge in [0.1, 0.15) is 11.8 Å². The van der Waals surface area contributed by atoms with Crippen molar-refractivity contribution >= 4 is 17.7 Å². The minimum atomic E-state index is -0.768. The number of H-pyrrole nitrogens is 1. The number of nitrogens with zero attached hydrogens (tertiary/aromatic N) is 2. The van der Waals surface area contributed by atoms with Crippen LogP contribution in [0.15, 0.2) is 36.8 Å². The Morgan fingerprint density at radius 2 is 1.91 bits per heavy atom. The molecule has 1 aromatic carbocycles. The Hall–Kier alpha value is -3.36. The number of methoxy groups -OCH3 is 1. The maximum absolute atomic E-state index is 13.5. The molecule has 4 rings (SSSR count). The number of urea groups is 1. The number of aromatic amines is 1. The minimum Gasteiger partial charge on any atom is -0.497 e. The molecule has 9 heteroatoms. The SMILES string of the molecule is COc1ccc(CC(NC(=O)NCCc2c[nH]cn2)C(=O)N2CCC2C(=O)C2CCCCC2)cc1. The van der Waals surface area contributed by atoms with Crippen molar-refractivity contribution in [2.75, 3.05) is 20.2 Å². The Morgan fingerprint density at radius 1 is 1.14 bits per heavy atom. The fourth-order valence-electron chi connectivity index (χ4n) is 4.94. The quantitative estimate of drug-likeness (QED) is 0.482. The molecule has 0 radical (unpaired) electrons. The molecule has 2 aromatic rings. The van der Waals surface area contributed by atoms with E-state index in [1.807, 2.05) is 24.3 Å². The molecule has 188 valence electrons. The van der Waals surface area contributed by atoms with Crippen LogP contribution in [0.1, 0.15) is 49.8 Å². The molecule has 1 aromatic heterocycles. The third-order valence-corrected chi connectivity index (χ3v) is 7.06. The number of ketones is 1. The number of carbonyl (C=O) groups is 3. The van der Waals surface area contributed by atoms with E-state index in [1.165, 1.54) is 6.42 Å². The van der Waals surface area contributed by atoms with Crippen molar-refractivity contribution in [3.8, 4) is 5.75 Å². The van der Waals surface area contributed by atoms with Gasteiger partial charge in [0, 0.05) is 38.0 Å². The molecular weight excluding hydrogens is 446 g/mol. The summed E-state index contributed by atoms with van der Waals surface area (Å²) in [5, 5.41) is 5.66. The van der Waals surface area contributed by atoms with Crippen molar-refractivity contribution in [3.63, 3.8) is 0 Å². The highest BCUT2D eigenvalue weighted by molar-refractivity contribution is 5.95. The second-order valence-electron chi connectivity index (χ2n) is 9.39. The van der Waals surface area contributed by atoms with Gasteiger partial charge in [-0.05, 0) is 37.0 Å². The lowest BCUT2D eigenvalue weighted by Gasteiger charge is -2.43. The van der Waals surface area contributed by atoms with E-state index >= 15 is 0 Å². The molecule has 2 heterocycles. The van der Waals surface area contributed by atoms with E-state index in [2.05, 4.69) is 20.6 Å². The summed E-state index contributed by atoms with van der Waals surface area (Å²) in [4.78, 5) is 48.0. The highest BCUT2D eigenvalue weighted by Gasteiger charge is 2.42. The van der Waals surface area contributed by atoms with Crippen LogP contribution in [-0.4, -0.2) is 64.9 Å². The third kappa shape index (κ3) is 6.41. The number of ether oxygens (including phenoxy) is 1. The number of aromatic nitrogens is 2. The molecule has 2 fully saturated rings. The highest BCUT2D eigenvalue weighted by atomic mass is 16.5. The molecule has 1 saturated heterocycles. The number of benzene rings is 1. The van der Waals surface area contributed by atoms with Crippen LogP contribution in [0.25, 0.3) is 0 Å². The van der Waals surface area contributed by atoms with Crippen molar-refractivity contribution in [1.29, 1.82) is 0 Å². The van der Waals surface area contributed by atoms with Crippen molar-refractivity contribution in [2.45, 2.75) is 63.5 Å². The summed E-state index contributed by atoms with van der Waals surface area (Å²) in [7, 11) is 1.60. The van der Waals surface area contributed by atoms with E-state index in [9.17, 15) is 14.4 Å². The minimum absolute atomic E-state index is 0.0580. The fourth-order valence-corrected chi connectivity index (χ4v) is 4.94. The lowest BCUT2D eigenvalue weighted by atomic mass is 9.80. The number of hydrogen-bond acceptors (Lipinski definition) is 5. The average molecular weight is 482 g/mol. The highest BCUT2D eigenvalue weighted by Crippen LogP contribution is 2.30. The first-order valence-electron chi connectivity index (χ1n) is 12.5. The molecule has 2 unspecified atom stereocenters. The Labute approximate surface area is 206 Å². The molecule has 2 atom stereocenters. The van der Waals surface area contributed by atoms with Crippen LogP contribution in [0.2, 0.25) is 0 Å². The van der Waals surface area contributed by atoms with Gasteiger partial charge in [0.05, 0.1) is 25.2 Å². The fraction of sp³-hybridized carbons (Fsp3) is 0.538. The zero-order valence-corrected chi connectivity index (χ0v) is 20.3. The van der Waals surface area contributed by atoms with Gasteiger partial charge in [-0.3, -0.25) is 9.59 Å².